The topological polar surface area (TPSA) is 82.5 Å². The Morgan fingerprint density at radius 1 is 0.969 bits per heavy atom. The molecule has 1 aromatic carbocycles. The molecule has 1 aliphatic heterocycles. The number of hydrazone groups is 1. The number of carbonyl (C=O) groups is 1. The number of amides is 2. The molecule has 1 aliphatic rings. The van der Waals surface area contributed by atoms with Crippen LogP contribution in [0.4, 0.5) is 10.5 Å². The first-order chi connectivity index (χ1) is 15.7. The highest BCUT2D eigenvalue weighted by atomic mass is 16.2. The van der Waals surface area contributed by atoms with Gasteiger partial charge >= 0.3 is 6.03 Å². The molecule has 7 nitrogen and oxygen atoms in total. The molecule has 1 fully saturated rings. The number of nitrogens with one attached hydrogen (secondary N) is 2. The smallest absolute Gasteiger partial charge is 0.307 e. The van der Waals surface area contributed by atoms with Gasteiger partial charge in [0.05, 0.1) is 11.4 Å². The second-order valence-corrected chi connectivity index (χ2v) is 8.11. The van der Waals surface area contributed by atoms with Crippen molar-refractivity contribution < 1.29 is 4.79 Å². The number of aromatic nitrogens is 2. The van der Waals surface area contributed by atoms with Crippen molar-refractivity contribution in [2.75, 3.05) is 18.4 Å². The van der Waals surface area contributed by atoms with E-state index in [9.17, 15) is 4.79 Å². The zero-order valence-corrected chi connectivity index (χ0v) is 18.2. The van der Waals surface area contributed by atoms with Gasteiger partial charge in [0.25, 0.3) is 0 Å². The average Bonchev–Trinajstić information content (AvgIpc) is 2.83. The summed E-state index contributed by atoms with van der Waals surface area (Å²) in [4.78, 5) is 23.6. The molecule has 0 radical (unpaired) electrons. The van der Waals surface area contributed by atoms with Crippen molar-refractivity contribution in [2.45, 2.75) is 26.3 Å². The number of rotatable bonds is 6. The van der Waals surface area contributed by atoms with Crippen molar-refractivity contribution in [3.8, 4) is 0 Å². The second-order valence-electron chi connectivity index (χ2n) is 8.11. The minimum atomic E-state index is -0.424. The van der Waals surface area contributed by atoms with Crippen LogP contribution >= 0.6 is 0 Å². The molecular weight excluding hydrogens is 400 g/mol. The van der Waals surface area contributed by atoms with Crippen LogP contribution in [0.5, 0.6) is 0 Å². The van der Waals surface area contributed by atoms with Gasteiger partial charge in [-0.25, -0.2) is 10.2 Å². The molecule has 1 saturated heterocycles. The molecule has 32 heavy (non-hydrogen) atoms. The van der Waals surface area contributed by atoms with Gasteiger partial charge in [-0.2, -0.15) is 5.10 Å². The number of benzene rings is 1. The fraction of sp³-hybridized carbons (Fsp3) is 0.280. The number of hydrogen-bond acceptors (Lipinski definition) is 5. The van der Waals surface area contributed by atoms with Gasteiger partial charge in [0, 0.05) is 24.6 Å². The average molecular weight is 429 g/mol. The normalized spacial score (nSPS) is 14.5. The lowest BCUT2D eigenvalue weighted by Crippen LogP contribution is -2.32. The molecule has 2 N–H and O–H groups in total. The van der Waals surface area contributed by atoms with Crippen molar-refractivity contribution >= 4 is 17.4 Å². The summed E-state index contributed by atoms with van der Waals surface area (Å²) in [5.74, 6) is 0.829. The fourth-order valence-electron chi connectivity index (χ4n) is 3.69. The van der Waals surface area contributed by atoms with Gasteiger partial charge in [0.1, 0.15) is 5.71 Å². The number of anilines is 1. The van der Waals surface area contributed by atoms with Crippen molar-refractivity contribution in [1.82, 2.24) is 20.3 Å². The van der Waals surface area contributed by atoms with E-state index >= 15 is 0 Å². The predicted octanol–water partition coefficient (Wildman–Crippen LogP) is 4.28. The Morgan fingerprint density at radius 3 is 2.16 bits per heavy atom. The molecule has 0 aliphatic carbocycles. The Kier molecular flexibility index (Phi) is 7.19. The Labute approximate surface area is 188 Å². The van der Waals surface area contributed by atoms with Crippen LogP contribution in [0.1, 0.15) is 36.7 Å². The van der Waals surface area contributed by atoms with Crippen LogP contribution in [0.2, 0.25) is 0 Å². The summed E-state index contributed by atoms with van der Waals surface area (Å²) >= 11 is 0. The standard InChI is InChI=1S/C25H28N6O/c1-19-12-16-31(17-13-19)18-20-8-10-21(11-9-20)28-25(32)30-29-24(22-6-2-4-14-26-22)23-7-3-5-15-27-23/h2-11,14-15,19H,12-13,16-18H2,1H3,(H2,28,30,32). The number of pyridine rings is 2. The minimum Gasteiger partial charge on any atom is -0.307 e. The van der Waals surface area contributed by atoms with Gasteiger partial charge in [0.2, 0.25) is 0 Å². The van der Waals surface area contributed by atoms with E-state index in [2.05, 4.69) is 49.8 Å². The molecule has 0 unspecified atom stereocenters. The molecule has 4 rings (SSSR count). The fourth-order valence-corrected chi connectivity index (χ4v) is 3.69. The molecule has 0 atom stereocenters. The van der Waals surface area contributed by atoms with Gasteiger partial charge in [-0.05, 0) is 73.8 Å². The summed E-state index contributed by atoms with van der Waals surface area (Å²) in [6.07, 6.45) is 5.89. The number of likely N-dealkylation sites (tertiary alicyclic amines) is 1. The Balaban J connectivity index is 1.37. The third kappa shape index (κ3) is 5.98. The van der Waals surface area contributed by atoms with E-state index < -0.39 is 6.03 Å². The molecule has 2 aromatic heterocycles. The SMILES string of the molecule is CC1CCN(Cc2ccc(NC(=O)NN=C(c3ccccn3)c3ccccn3)cc2)CC1. The third-order valence-electron chi connectivity index (χ3n) is 5.58. The maximum absolute atomic E-state index is 12.4. The van der Waals surface area contributed by atoms with Crippen LogP contribution in [0.25, 0.3) is 0 Å². The van der Waals surface area contributed by atoms with E-state index in [-0.39, 0.29) is 0 Å². The Morgan fingerprint density at radius 2 is 1.59 bits per heavy atom. The summed E-state index contributed by atoms with van der Waals surface area (Å²) in [5, 5.41) is 7.11. The summed E-state index contributed by atoms with van der Waals surface area (Å²) in [6, 6.07) is 18.6. The predicted molar refractivity (Wildman–Crippen MR) is 126 cm³/mol. The van der Waals surface area contributed by atoms with Crippen LogP contribution in [-0.4, -0.2) is 39.7 Å². The molecule has 164 valence electrons. The lowest BCUT2D eigenvalue weighted by Gasteiger charge is -2.30. The van der Waals surface area contributed by atoms with Crippen molar-refractivity contribution in [3.63, 3.8) is 0 Å². The Hall–Kier alpha value is -3.58. The van der Waals surface area contributed by atoms with Crippen LogP contribution in [-0.2, 0) is 6.54 Å². The molecule has 0 saturated carbocycles. The van der Waals surface area contributed by atoms with Gasteiger partial charge in [0.15, 0.2) is 0 Å². The lowest BCUT2D eigenvalue weighted by atomic mass is 9.99. The van der Waals surface area contributed by atoms with E-state index in [4.69, 9.17) is 0 Å². The van der Waals surface area contributed by atoms with Crippen molar-refractivity contribution in [1.29, 1.82) is 0 Å². The molecular formula is C25H28N6O. The molecule has 0 bridgehead atoms. The highest BCUT2D eigenvalue weighted by Crippen LogP contribution is 2.19. The van der Waals surface area contributed by atoms with E-state index in [0.29, 0.717) is 22.8 Å². The molecule has 3 heterocycles. The van der Waals surface area contributed by atoms with Gasteiger partial charge < -0.3 is 5.32 Å². The van der Waals surface area contributed by atoms with E-state index in [1.54, 1.807) is 12.4 Å². The number of carbonyl (C=O) groups excluding carboxylic acids is 1. The minimum absolute atomic E-state index is 0.424. The van der Waals surface area contributed by atoms with Gasteiger partial charge in [-0.1, -0.05) is 31.2 Å². The summed E-state index contributed by atoms with van der Waals surface area (Å²) in [7, 11) is 0. The summed E-state index contributed by atoms with van der Waals surface area (Å²) in [5.41, 5.74) is 6.27. The first-order valence-corrected chi connectivity index (χ1v) is 11.0. The Bertz CT molecular complexity index is 988. The summed E-state index contributed by atoms with van der Waals surface area (Å²) < 4.78 is 0. The van der Waals surface area contributed by atoms with E-state index in [1.807, 2.05) is 48.5 Å². The van der Waals surface area contributed by atoms with Gasteiger partial charge in [-0.15, -0.1) is 0 Å². The van der Waals surface area contributed by atoms with Crippen LogP contribution in [0.15, 0.2) is 78.2 Å². The first-order valence-electron chi connectivity index (χ1n) is 11.0. The van der Waals surface area contributed by atoms with Crippen LogP contribution in [0, 0.1) is 5.92 Å². The highest BCUT2D eigenvalue weighted by molar-refractivity contribution is 6.10. The molecule has 0 spiro atoms. The maximum atomic E-state index is 12.4. The lowest BCUT2D eigenvalue weighted by molar-refractivity contribution is 0.185. The summed E-state index contributed by atoms with van der Waals surface area (Å²) in [6.45, 7) is 5.57. The quantitative estimate of drug-likeness (QED) is 0.453. The molecule has 7 heteroatoms. The molecule has 3 aromatic rings. The molecule has 2 amide bonds. The third-order valence-corrected chi connectivity index (χ3v) is 5.58. The van der Waals surface area contributed by atoms with Crippen LogP contribution < -0.4 is 10.7 Å². The monoisotopic (exact) mass is 428 g/mol. The van der Waals surface area contributed by atoms with E-state index in [1.165, 1.54) is 18.4 Å². The van der Waals surface area contributed by atoms with Crippen molar-refractivity contribution in [2.24, 2.45) is 11.0 Å². The number of piperidine rings is 1. The number of hydrogen-bond donors (Lipinski definition) is 2. The van der Waals surface area contributed by atoms with Gasteiger partial charge in [-0.3, -0.25) is 14.9 Å². The number of urea groups is 1. The van der Waals surface area contributed by atoms with Crippen molar-refractivity contribution in [3.05, 3.63) is 90.0 Å². The van der Waals surface area contributed by atoms with E-state index in [0.717, 1.165) is 25.6 Å². The highest BCUT2D eigenvalue weighted by Gasteiger charge is 2.15. The second kappa shape index (κ2) is 10.6. The number of nitrogens with zero attached hydrogens (tertiary/aromatic N) is 4. The zero-order chi connectivity index (χ0) is 22.2. The first kappa shape index (κ1) is 21.6. The zero-order valence-electron chi connectivity index (χ0n) is 18.2. The maximum Gasteiger partial charge on any atom is 0.339 e. The largest absolute Gasteiger partial charge is 0.339 e. The van der Waals surface area contributed by atoms with Crippen LogP contribution in [0.3, 0.4) is 0 Å².